The number of benzene rings is 1. The molecule has 0 bridgehead atoms. The normalized spacial score (nSPS) is 23.6. The van der Waals surface area contributed by atoms with Crippen LogP contribution in [0.4, 0.5) is 15.8 Å². The van der Waals surface area contributed by atoms with Gasteiger partial charge in [0.2, 0.25) is 5.91 Å². The van der Waals surface area contributed by atoms with Crippen LogP contribution in [0.15, 0.2) is 18.2 Å². The van der Waals surface area contributed by atoms with Gasteiger partial charge in [-0.2, -0.15) is 0 Å². The first-order chi connectivity index (χ1) is 8.06. The number of rotatable bonds is 2. The number of nitrogen functional groups attached to an aromatic ring is 1. The van der Waals surface area contributed by atoms with Gasteiger partial charge in [-0.1, -0.05) is 0 Å². The lowest BCUT2D eigenvalue weighted by atomic mass is 10.1. The van der Waals surface area contributed by atoms with E-state index in [4.69, 9.17) is 10.5 Å². The lowest BCUT2D eigenvalue weighted by Crippen LogP contribution is -2.23. The Balaban J connectivity index is 2.05. The molecule has 3 N–H and O–H groups in total. The Hall–Kier alpha value is -1.62. The molecule has 1 amide bonds. The molecule has 1 heterocycles. The quantitative estimate of drug-likeness (QED) is 0.772. The van der Waals surface area contributed by atoms with Crippen LogP contribution < -0.4 is 11.1 Å². The molecule has 0 radical (unpaired) electrons. The average Bonchev–Trinajstić information content (AvgIpc) is 2.70. The summed E-state index contributed by atoms with van der Waals surface area (Å²) in [4.78, 5) is 11.8. The molecular formula is C12H15FN2O2. The number of ether oxygens (including phenoxy) is 1. The first kappa shape index (κ1) is 11.9. The maximum absolute atomic E-state index is 13.4. The molecule has 1 aromatic rings. The van der Waals surface area contributed by atoms with Gasteiger partial charge >= 0.3 is 0 Å². The highest BCUT2D eigenvalue weighted by atomic mass is 19.1. The van der Waals surface area contributed by atoms with E-state index < -0.39 is 5.82 Å². The molecule has 2 unspecified atom stereocenters. The van der Waals surface area contributed by atoms with Gasteiger partial charge in [0.1, 0.15) is 5.82 Å². The van der Waals surface area contributed by atoms with Gasteiger partial charge in [-0.15, -0.1) is 0 Å². The maximum Gasteiger partial charge on any atom is 0.229 e. The first-order valence-corrected chi connectivity index (χ1v) is 5.53. The second kappa shape index (κ2) is 4.71. The van der Waals surface area contributed by atoms with E-state index >= 15 is 0 Å². The molecule has 17 heavy (non-hydrogen) atoms. The molecule has 1 saturated heterocycles. The minimum atomic E-state index is -0.487. The fraction of sp³-hybridized carbons (Fsp3) is 0.417. The van der Waals surface area contributed by atoms with Gasteiger partial charge in [-0.25, -0.2) is 4.39 Å². The van der Waals surface area contributed by atoms with Gasteiger partial charge < -0.3 is 15.8 Å². The van der Waals surface area contributed by atoms with Gasteiger partial charge in [0.15, 0.2) is 0 Å². The van der Waals surface area contributed by atoms with Crippen molar-refractivity contribution in [2.24, 2.45) is 5.92 Å². The van der Waals surface area contributed by atoms with E-state index in [1.165, 1.54) is 18.2 Å². The summed E-state index contributed by atoms with van der Waals surface area (Å²) in [5.41, 5.74) is 6.07. The molecule has 1 aliphatic rings. The molecule has 0 aliphatic carbocycles. The summed E-state index contributed by atoms with van der Waals surface area (Å²) >= 11 is 0. The van der Waals surface area contributed by atoms with Crippen molar-refractivity contribution in [2.75, 3.05) is 17.7 Å². The minimum Gasteiger partial charge on any atom is -0.399 e. The molecule has 0 saturated carbocycles. The SMILES string of the molecule is CC1CC(C(=O)Nc2cc(N)ccc2F)CO1. The maximum atomic E-state index is 13.4. The minimum absolute atomic E-state index is 0.0800. The molecule has 2 rings (SSSR count). The molecule has 1 fully saturated rings. The number of halogens is 1. The van der Waals surface area contributed by atoms with Crippen molar-refractivity contribution < 1.29 is 13.9 Å². The molecular weight excluding hydrogens is 223 g/mol. The number of carbonyl (C=O) groups excluding carboxylic acids is 1. The fourth-order valence-electron chi connectivity index (χ4n) is 1.87. The van der Waals surface area contributed by atoms with E-state index in [9.17, 15) is 9.18 Å². The number of nitrogens with two attached hydrogens (primary N) is 1. The van der Waals surface area contributed by atoms with Crippen LogP contribution >= 0.6 is 0 Å². The third kappa shape index (κ3) is 2.74. The van der Waals surface area contributed by atoms with Crippen LogP contribution in [0.3, 0.4) is 0 Å². The zero-order valence-corrected chi connectivity index (χ0v) is 9.57. The second-order valence-corrected chi connectivity index (χ2v) is 4.31. The highest BCUT2D eigenvalue weighted by Gasteiger charge is 2.28. The van der Waals surface area contributed by atoms with E-state index in [-0.39, 0.29) is 23.6 Å². The van der Waals surface area contributed by atoms with Gasteiger partial charge in [0, 0.05) is 5.69 Å². The molecule has 0 spiro atoms. The second-order valence-electron chi connectivity index (χ2n) is 4.31. The number of hydrogen-bond acceptors (Lipinski definition) is 3. The van der Waals surface area contributed by atoms with Crippen LogP contribution in [0.5, 0.6) is 0 Å². The van der Waals surface area contributed by atoms with Crippen LogP contribution in [0.1, 0.15) is 13.3 Å². The van der Waals surface area contributed by atoms with Gasteiger partial charge in [0.05, 0.1) is 24.3 Å². The average molecular weight is 238 g/mol. The summed E-state index contributed by atoms with van der Waals surface area (Å²) in [6, 6.07) is 4.09. The highest BCUT2D eigenvalue weighted by Crippen LogP contribution is 2.23. The zero-order chi connectivity index (χ0) is 12.4. The van der Waals surface area contributed by atoms with E-state index in [2.05, 4.69) is 5.32 Å². The summed E-state index contributed by atoms with van der Waals surface area (Å²) in [5.74, 6) is -0.927. The molecule has 1 aromatic carbocycles. The fourth-order valence-corrected chi connectivity index (χ4v) is 1.87. The highest BCUT2D eigenvalue weighted by molar-refractivity contribution is 5.93. The monoisotopic (exact) mass is 238 g/mol. The summed E-state index contributed by atoms with van der Waals surface area (Å²) in [5, 5.41) is 2.54. The summed E-state index contributed by atoms with van der Waals surface area (Å²) in [7, 11) is 0. The lowest BCUT2D eigenvalue weighted by Gasteiger charge is -2.10. The Bertz CT molecular complexity index is 437. The lowest BCUT2D eigenvalue weighted by molar-refractivity contribution is -0.119. The number of amides is 1. The predicted molar refractivity (Wildman–Crippen MR) is 63.0 cm³/mol. The third-order valence-corrected chi connectivity index (χ3v) is 2.82. The largest absolute Gasteiger partial charge is 0.399 e. The van der Waals surface area contributed by atoms with E-state index in [0.717, 1.165) is 0 Å². The van der Waals surface area contributed by atoms with Crippen LogP contribution in [0.25, 0.3) is 0 Å². The summed E-state index contributed by atoms with van der Waals surface area (Å²) in [6.45, 7) is 2.30. The first-order valence-electron chi connectivity index (χ1n) is 5.53. The van der Waals surface area contributed by atoms with Crippen molar-refractivity contribution in [3.63, 3.8) is 0 Å². The number of anilines is 2. The van der Waals surface area contributed by atoms with Crippen LogP contribution in [0.2, 0.25) is 0 Å². The molecule has 4 nitrogen and oxygen atoms in total. The Morgan fingerprint density at radius 1 is 1.59 bits per heavy atom. The van der Waals surface area contributed by atoms with Crippen molar-refractivity contribution in [3.8, 4) is 0 Å². The van der Waals surface area contributed by atoms with Crippen molar-refractivity contribution in [2.45, 2.75) is 19.4 Å². The molecule has 2 atom stereocenters. The topological polar surface area (TPSA) is 64.4 Å². The van der Waals surface area contributed by atoms with Crippen LogP contribution in [-0.4, -0.2) is 18.6 Å². The molecule has 92 valence electrons. The van der Waals surface area contributed by atoms with Crippen molar-refractivity contribution in [1.82, 2.24) is 0 Å². The van der Waals surface area contributed by atoms with Gasteiger partial charge in [-0.3, -0.25) is 4.79 Å². The van der Waals surface area contributed by atoms with E-state index in [1.807, 2.05) is 6.92 Å². The Morgan fingerprint density at radius 2 is 2.35 bits per heavy atom. The summed E-state index contributed by atoms with van der Waals surface area (Å²) in [6.07, 6.45) is 0.743. The molecule has 5 heteroatoms. The van der Waals surface area contributed by atoms with Gasteiger partial charge in [0.25, 0.3) is 0 Å². The van der Waals surface area contributed by atoms with Gasteiger partial charge in [-0.05, 0) is 31.5 Å². The Morgan fingerprint density at radius 3 is 3.00 bits per heavy atom. The predicted octanol–water partition coefficient (Wildman–Crippen LogP) is 1.77. The summed E-state index contributed by atoms with van der Waals surface area (Å²) < 4.78 is 18.7. The third-order valence-electron chi connectivity index (χ3n) is 2.82. The Kier molecular flexibility index (Phi) is 3.28. The number of nitrogens with one attached hydrogen (secondary N) is 1. The molecule has 0 aromatic heterocycles. The van der Waals surface area contributed by atoms with Crippen molar-refractivity contribution >= 4 is 17.3 Å². The number of hydrogen-bond donors (Lipinski definition) is 2. The van der Waals surface area contributed by atoms with Crippen molar-refractivity contribution in [3.05, 3.63) is 24.0 Å². The van der Waals surface area contributed by atoms with Crippen LogP contribution in [-0.2, 0) is 9.53 Å². The van der Waals surface area contributed by atoms with E-state index in [0.29, 0.717) is 18.7 Å². The van der Waals surface area contributed by atoms with Crippen LogP contribution in [0, 0.1) is 11.7 Å². The number of carbonyl (C=O) groups is 1. The smallest absolute Gasteiger partial charge is 0.229 e. The van der Waals surface area contributed by atoms with E-state index in [1.54, 1.807) is 0 Å². The molecule has 1 aliphatic heterocycles. The standard InChI is InChI=1S/C12H15FN2O2/c1-7-4-8(6-17-7)12(16)15-11-5-9(14)2-3-10(11)13/h2-3,5,7-8H,4,6,14H2,1H3,(H,15,16). The zero-order valence-electron chi connectivity index (χ0n) is 9.57. The van der Waals surface area contributed by atoms with Crippen molar-refractivity contribution in [1.29, 1.82) is 0 Å². The Labute approximate surface area is 98.9 Å².